The lowest BCUT2D eigenvalue weighted by atomic mass is 10.7. The Bertz CT molecular complexity index is 298. The van der Waals surface area contributed by atoms with Gasteiger partial charge in [-0.3, -0.25) is 9.05 Å². The monoisotopic (exact) mass is 266 g/mol. The summed E-state index contributed by atoms with van der Waals surface area (Å²) in [6.45, 7) is 5.75. The van der Waals surface area contributed by atoms with Crippen molar-refractivity contribution in [3.05, 3.63) is 0 Å². The summed E-state index contributed by atoms with van der Waals surface area (Å²) in [6, 6.07) is 0. The average molecular weight is 266 g/mol. The maximum absolute atomic E-state index is 12.1. The summed E-state index contributed by atoms with van der Waals surface area (Å²) in [5, 5.41) is 3.67. The molecule has 100 valence electrons. The number of rotatable bonds is 8. The lowest BCUT2D eigenvalue weighted by molar-refractivity contribution is -0.134. The summed E-state index contributed by atoms with van der Waals surface area (Å²) < 4.78 is 27.8. The highest BCUT2D eigenvalue weighted by atomic mass is 31.2. The van der Waals surface area contributed by atoms with E-state index >= 15 is 0 Å². The number of nitrogens with zero attached hydrogens (tertiary/aromatic N) is 2. The molecule has 0 aromatic rings. The van der Waals surface area contributed by atoms with E-state index in [1.807, 2.05) is 0 Å². The van der Waals surface area contributed by atoms with Crippen molar-refractivity contribution in [1.29, 1.82) is 0 Å². The van der Waals surface area contributed by atoms with Gasteiger partial charge in [0, 0.05) is 7.05 Å². The molecule has 0 aromatic carbocycles. The first-order valence-corrected chi connectivity index (χ1v) is 6.83. The molecule has 0 amide bonds. The first-order chi connectivity index (χ1) is 8.00. The maximum atomic E-state index is 12.1. The minimum atomic E-state index is -3.46. The van der Waals surface area contributed by atoms with E-state index in [0.717, 1.165) is 11.0 Å². The van der Waals surface area contributed by atoms with Gasteiger partial charge in [0.2, 0.25) is 0 Å². The van der Waals surface area contributed by atoms with Crippen LogP contribution in [-0.4, -0.2) is 43.8 Å². The van der Waals surface area contributed by atoms with Gasteiger partial charge in [-0.15, -0.1) is 0 Å². The van der Waals surface area contributed by atoms with Crippen LogP contribution in [0, 0.1) is 0 Å². The van der Waals surface area contributed by atoms with Gasteiger partial charge in [-0.05, 0) is 20.8 Å². The molecule has 0 saturated heterocycles. The summed E-state index contributed by atoms with van der Waals surface area (Å²) in [5.74, 6) is -0.612. The number of hydrazone groups is 1. The van der Waals surface area contributed by atoms with Gasteiger partial charge in [-0.1, -0.05) is 0 Å². The van der Waals surface area contributed by atoms with Crippen molar-refractivity contribution >= 4 is 19.9 Å². The van der Waals surface area contributed by atoms with E-state index in [2.05, 4.69) is 9.84 Å². The van der Waals surface area contributed by atoms with Gasteiger partial charge in [0.15, 0.2) is 0 Å². The molecule has 0 aromatic heterocycles. The smallest absolute Gasteiger partial charge is 0.450 e. The number of ether oxygens (including phenoxy) is 1. The molecule has 0 saturated carbocycles. The van der Waals surface area contributed by atoms with Gasteiger partial charge in [-0.25, -0.2) is 14.1 Å². The Hall–Kier alpha value is -0.910. The fourth-order valence-corrected chi connectivity index (χ4v) is 2.14. The SMILES string of the molecule is CCOC(=O)/C=N/N(C)P(=O)(OCC)OCC. The normalized spacial score (nSPS) is 11.8. The molecule has 0 spiro atoms. The second kappa shape index (κ2) is 8.22. The Balaban J connectivity index is 4.57. The fraction of sp³-hybridized carbons (Fsp3) is 0.778. The first kappa shape index (κ1) is 16.1. The van der Waals surface area contributed by atoms with Gasteiger partial charge in [0.1, 0.15) is 6.21 Å². The molecule has 7 nitrogen and oxygen atoms in total. The Labute approximate surface area is 101 Å². The third kappa shape index (κ3) is 5.81. The molecule has 0 N–H and O–H groups in total. The van der Waals surface area contributed by atoms with Crippen LogP contribution in [-0.2, 0) is 23.1 Å². The van der Waals surface area contributed by atoms with Crippen LogP contribution in [0.25, 0.3) is 0 Å². The van der Waals surface area contributed by atoms with E-state index in [1.54, 1.807) is 20.8 Å². The molecule has 0 atom stereocenters. The minimum Gasteiger partial charge on any atom is -0.462 e. The zero-order valence-electron chi connectivity index (χ0n) is 10.6. The van der Waals surface area contributed by atoms with Crippen LogP contribution in [0.1, 0.15) is 20.8 Å². The lowest BCUT2D eigenvalue weighted by Crippen LogP contribution is -2.15. The summed E-state index contributed by atoms with van der Waals surface area (Å²) in [4.78, 5) is 11.0. The third-order valence-corrected chi connectivity index (χ3v) is 3.54. The van der Waals surface area contributed by atoms with Gasteiger partial charge in [0.25, 0.3) is 0 Å². The average Bonchev–Trinajstić information content (AvgIpc) is 2.27. The van der Waals surface area contributed by atoms with Crippen LogP contribution in [0.4, 0.5) is 0 Å². The van der Waals surface area contributed by atoms with E-state index in [9.17, 15) is 9.36 Å². The molecule has 0 aliphatic carbocycles. The van der Waals surface area contributed by atoms with Crippen molar-refractivity contribution in [2.24, 2.45) is 5.10 Å². The number of esters is 1. The minimum absolute atomic E-state index is 0.219. The Morgan fingerprint density at radius 2 is 1.76 bits per heavy atom. The van der Waals surface area contributed by atoms with E-state index in [-0.39, 0.29) is 19.8 Å². The van der Waals surface area contributed by atoms with Gasteiger partial charge in [-0.2, -0.15) is 5.10 Å². The van der Waals surface area contributed by atoms with Crippen molar-refractivity contribution in [3.8, 4) is 0 Å². The summed E-state index contributed by atoms with van der Waals surface area (Å²) in [5.41, 5.74) is 0. The second-order valence-electron chi connectivity index (χ2n) is 2.79. The topological polar surface area (TPSA) is 77.4 Å². The van der Waals surface area contributed by atoms with Gasteiger partial charge in [0.05, 0.1) is 19.8 Å². The molecular formula is C9H19N2O5P. The zero-order chi connectivity index (χ0) is 13.3. The Morgan fingerprint density at radius 3 is 2.18 bits per heavy atom. The summed E-state index contributed by atoms with van der Waals surface area (Å²) >= 11 is 0. The zero-order valence-corrected chi connectivity index (χ0v) is 11.5. The lowest BCUT2D eigenvalue weighted by Gasteiger charge is -2.23. The quantitative estimate of drug-likeness (QED) is 0.288. The van der Waals surface area contributed by atoms with Crippen molar-refractivity contribution in [2.45, 2.75) is 20.8 Å². The molecule has 8 heteroatoms. The van der Waals surface area contributed by atoms with Gasteiger partial charge >= 0.3 is 13.7 Å². The highest BCUT2D eigenvalue weighted by Crippen LogP contribution is 2.50. The summed E-state index contributed by atoms with van der Waals surface area (Å²) in [7, 11) is -2.05. The fourth-order valence-electron chi connectivity index (χ4n) is 0.904. The Morgan fingerprint density at radius 1 is 1.24 bits per heavy atom. The summed E-state index contributed by atoms with van der Waals surface area (Å²) in [6.07, 6.45) is 0.925. The molecule has 0 unspecified atom stereocenters. The van der Waals surface area contributed by atoms with E-state index in [1.165, 1.54) is 7.05 Å². The largest absolute Gasteiger partial charge is 0.462 e. The molecule has 0 fully saturated rings. The predicted molar refractivity (Wildman–Crippen MR) is 63.7 cm³/mol. The molecule has 0 aliphatic rings. The van der Waals surface area contributed by atoms with Crippen LogP contribution in [0.15, 0.2) is 5.10 Å². The number of carbonyl (C=O) groups is 1. The van der Waals surface area contributed by atoms with E-state index < -0.39 is 13.7 Å². The van der Waals surface area contributed by atoms with E-state index in [0.29, 0.717) is 0 Å². The molecule has 17 heavy (non-hydrogen) atoms. The highest BCUT2D eigenvalue weighted by molar-refractivity contribution is 7.51. The van der Waals surface area contributed by atoms with Crippen molar-refractivity contribution in [1.82, 2.24) is 4.78 Å². The molecule has 0 bridgehead atoms. The van der Waals surface area contributed by atoms with Crippen LogP contribution in [0.2, 0.25) is 0 Å². The van der Waals surface area contributed by atoms with Gasteiger partial charge < -0.3 is 4.74 Å². The standard InChI is InChI=1S/C9H19N2O5P/c1-5-14-9(12)8-10-11(4)17(13,15-6-2)16-7-3/h8H,5-7H2,1-4H3/b10-8+. The van der Waals surface area contributed by atoms with Crippen molar-refractivity contribution in [3.63, 3.8) is 0 Å². The van der Waals surface area contributed by atoms with E-state index in [4.69, 9.17) is 9.05 Å². The van der Waals surface area contributed by atoms with Crippen LogP contribution < -0.4 is 0 Å². The molecule has 0 aliphatic heterocycles. The van der Waals surface area contributed by atoms with Crippen LogP contribution in [0.5, 0.6) is 0 Å². The predicted octanol–water partition coefficient (Wildman–Crippen LogP) is 1.65. The number of carbonyl (C=O) groups excluding carboxylic acids is 1. The van der Waals surface area contributed by atoms with Crippen molar-refractivity contribution in [2.75, 3.05) is 26.9 Å². The highest BCUT2D eigenvalue weighted by Gasteiger charge is 2.29. The molecule has 0 heterocycles. The second-order valence-corrected chi connectivity index (χ2v) is 4.82. The Kier molecular flexibility index (Phi) is 7.78. The van der Waals surface area contributed by atoms with Crippen molar-refractivity contribution < 1.29 is 23.1 Å². The van der Waals surface area contributed by atoms with Crippen LogP contribution in [0.3, 0.4) is 0 Å². The molecule has 0 rings (SSSR count). The first-order valence-electron chi connectivity index (χ1n) is 5.34. The third-order valence-electron chi connectivity index (χ3n) is 1.56. The number of hydrogen-bond donors (Lipinski definition) is 0. The molecule has 0 radical (unpaired) electrons. The number of hydrogen-bond acceptors (Lipinski definition) is 6. The maximum Gasteiger partial charge on any atom is 0.450 e. The van der Waals surface area contributed by atoms with Crippen LogP contribution >= 0.6 is 7.75 Å². The molecular weight excluding hydrogens is 247 g/mol.